The Hall–Kier alpha value is -2.35. The molecule has 1 aromatic heterocycles. The molecule has 166 valence electrons. The van der Waals surface area contributed by atoms with Gasteiger partial charge in [0.25, 0.3) is 0 Å². The Kier molecular flexibility index (Phi) is 7.75. The van der Waals surface area contributed by atoms with E-state index in [2.05, 4.69) is 20.6 Å². The molecular formula is C22H25Cl2FN4O2. The molecule has 4 rings (SSSR count). The fourth-order valence-electron chi connectivity index (χ4n) is 3.79. The number of ether oxygens (including phenoxy) is 2. The molecule has 0 aliphatic heterocycles. The molecule has 0 amide bonds. The third kappa shape index (κ3) is 5.11. The van der Waals surface area contributed by atoms with Crippen LogP contribution in [0.25, 0.3) is 10.9 Å². The van der Waals surface area contributed by atoms with Gasteiger partial charge in [-0.25, -0.2) is 14.4 Å². The Morgan fingerprint density at radius 2 is 1.87 bits per heavy atom. The van der Waals surface area contributed by atoms with Gasteiger partial charge >= 0.3 is 0 Å². The smallest absolute Gasteiger partial charge is 0.165 e. The zero-order valence-corrected chi connectivity index (χ0v) is 18.9. The second kappa shape index (κ2) is 10.3. The molecule has 2 aromatic carbocycles. The predicted molar refractivity (Wildman–Crippen MR) is 124 cm³/mol. The lowest BCUT2D eigenvalue weighted by atomic mass is 9.93. The molecule has 2 N–H and O–H groups in total. The quantitative estimate of drug-likeness (QED) is 0.499. The second-order valence-electron chi connectivity index (χ2n) is 7.35. The number of halogens is 3. The van der Waals surface area contributed by atoms with Crippen molar-refractivity contribution in [1.82, 2.24) is 15.3 Å². The summed E-state index contributed by atoms with van der Waals surface area (Å²) in [5, 5.41) is 7.10. The predicted octanol–water partition coefficient (Wildman–Crippen LogP) is 5.51. The molecule has 1 saturated carbocycles. The zero-order valence-electron chi connectivity index (χ0n) is 17.3. The maximum Gasteiger partial charge on any atom is 0.165 e. The Morgan fingerprint density at radius 1 is 1.10 bits per heavy atom. The summed E-state index contributed by atoms with van der Waals surface area (Å²) in [5.74, 6) is 1.17. The number of nitrogens with one attached hydrogen (secondary N) is 2. The van der Waals surface area contributed by atoms with Crippen molar-refractivity contribution in [2.24, 2.45) is 0 Å². The van der Waals surface area contributed by atoms with Crippen LogP contribution in [0.4, 0.5) is 15.9 Å². The van der Waals surface area contributed by atoms with Crippen molar-refractivity contribution in [3.8, 4) is 11.5 Å². The van der Waals surface area contributed by atoms with E-state index in [1.807, 2.05) is 19.2 Å². The minimum atomic E-state index is -0.530. The van der Waals surface area contributed by atoms with Crippen LogP contribution in [0.2, 0.25) is 5.02 Å². The summed E-state index contributed by atoms with van der Waals surface area (Å²) in [5.41, 5.74) is 0.907. The summed E-state index contributed by atoms with van der Waals surface area (Å²) in [6.45, 7) is 0. The maximum absolute atomic E-state index is 14.4. The molecule has 3 aromatic rings. The van der Waals surface area contributed by atoms with Crippen LogP contribution in [-0.4, -0.2) is 36.3 Å². The van der Waals surface area contributed by atoms with Crippen molar-refractivity contribution in [2.45, 2.75) is 37.8 Å². The summed E-state index contributed by atoms with van der Waals surface area (Å²) in [6, 6.07) is 8.99. The van der Waals surface area contributed by atoms with E-state index in [9.17, 15) is 4.39 Å². The van der Waals surface area contributed by atoms with E-state index in [1.54, 1.807) is 19.2 Å². The summed E-state index contributed by atoms with van der Waals surface area (Å²) >= 11 is 5.90. The molecule has 1 fully saturated rings. The van der Waals surface area contributed by atoms with Crippen molar-refractivity contribution in [1.29, 1.82) is 0 Å². The minimum Gasteiger partial charge on any atom is -0.493 e. The topological polar surface area (TPSA) is 68.3 Å². The molecule has 1 aliphatic carbocycles. The molecule has 9 heteroatoms. The van der Waals surface area contributed by atoms with Gasteiger partial charge in [0.05, 0.1) is 29.4 Å². The first-order valence-electron chi connectivity index (χ1n) is 9.96. The number of rotatable bonds is 6. The Labute approximate surface area is 191 Å². The van der Waals surface area contributed by atoms with E-state index in [1.165, 1.54) is 12.4 Å². The summed E-state index contributed by atoms with van der Waals surface area (Å²) in [4.78, 5) is 8.63. The number of nitrogens with zero attached hydrogens (tertiary/aromatic N) is 2. The van der Waals surface area contributed by atoms with E-state index in [4.69, 9.17) is 21.1 Å². The van der Waals surface area contributed by atoms with Crippen molar-refractivity contribution < 1.29 is 13.9 Å². The number of hydrogen-bond acceptors (Lipinski definition) is 6. The van der Waals surface area contributed by atoms with E-state index in [0.29, 0.717) is 34.3 Å². The molecule has 0 spiro atoms. The van der Waals surface area contributed by atoms with Crippen LogP contribution < -0.4 is 20.1 Å². The molecular weight excluding hydrogens is 442 g/mol. The lowest BCUT2D eigenvalue weighted by Crippen LogP contribution is -2.34. The van der Waals surface area contributed by atoms with Crippen LogP contribution in [0.15, 0.2) is 36.7 Å². The van der Waals surface area contributed by atoms with Gasteiger partial charge in [0.1, 0.15) is 12.1 Å². The minimum absolute atomic E-state index is 0. The maximum atomic E-state index is 14.4. The Balaban J connectivity index is 0.00000272. The summed E-state index contributed by atoms with van der Waals surface area (Å²) in [6.07, 6.45) is 5.62. The first kappa shape index (κ1) is 23.3. The first-order valence-corrected chi connectivity index (χ1v) is 10.3. The van der Waals surface area contributed by atoms with Gasteiger partial charge in [-0.05, 0) is 50.9 Å². The van der Waals surface area contributed by atoms with E-state index < -0.39 is 5.82 Å². The number of fused-ring (bicyclic) bond motifs is 1. The summed E-state index contributed by atoms with van der Waals surface area (Å²) < 4.78 is 26.2. The van der Waals surface area contributed by atoms with Gasteiger partial charge in [-0.3, -0.25) is 0 Å². The third-order valence-electron chi connectivity index (χ3n) is 5.50. The second-order valence-corrected chi connectivity index (χ2v) is 7.76. The zero-order chi connectivity index (χ0) is 21.1. The number of anilines is 2. The van der Waals surface area contributed by atoms with Gasteiger partial charge in [0.2, 0.25) is 0 Å². The van der Waals surface area contributed by atoms with E-state index in [0.717, 1.165) is 25.7 Å². The highest BCUT2D eigenvalue weighted by Gasteiger charge is 2.23. The number of hydrogen-bond donors (Lipinski definition) is 2. The molecule has 0 radical (unpaired) electrons. The van der Waals surface area contributed by atoms with Gasteiger partial charge in [0, 0.05) is 17.5 Å². The number of benzene rings is 2. The summed E-state index contributed by atoms with van der Waals surface area (Å²) in [7, 11) is 3.60. The van der Waals surface area contributed by atoms with Crippen LogP contribution >= 0.6 is 24.0 Å². The highest BCUT2D eigenvalue weighted by atomic mass is 35.5. The Morgan fingerprint density at radius 3 is 2.58 bits per heavy atom. The fraction of sp³-hybridized carbons (Fsp3) is 0.364. The molecule has 0 atom stereocenters. The number of aromatic nitrogens is 2. The van der Waals surface area contributed by atoms with Gasteiger partial charge in [-0.2, -0.15) is 0 Å². The van der Waals surface area contributed by atoms with Crippen molar-refractivity contribution in [3.05, 3.63) is 47.5 Å². The van der Waals surface area contributed by atoms with Crippen molar-refractivity contribution in [2.75, 3.05) is 19.5 Å². The highest BCUT2D eigenvalue weighted by molar-refractivity contribution is 6.31. The van der Waals surface area contributed by atoms with E-state index in [-0.39, 0.29) is 29.2 Å². The molecule has 0 unspecified atom stereocenters. The normalized spacial score (nSPS) is 18.3. The lowest BCUT2D eigenvalue weighted by molar-refractivity contribution is 0.137. The SMILES string of the molecule is CN[C@H]1CC[C@H](Oc2cc3c(Nc4cccc(Cl)c4F)ncnc3cc2OC)CC1.Cl. The number of methoxy groups -OCH3 is 1. The van der Waals surface area contributed by atoms with Crippen LogP contribution in [0, 0.1) is 5.82 Å². The van der Waals surface area contributed by atoms with Crippen LogP contribution in [0.1, 0.15) is 25.7 Å². The first-order chi connectivity index (χ1) is 14.6. The van der Waals surface area contributed by atoms with Crippen molar-refractivity contribution >= 4 is 46.4 Å². The molecule has 6 nitrogen and oxygen atoms in total. The molecule has 1 aliphatic rings. The average Bonchev–Trinajstić information content (AvgIpc) is 2.77. The fourth-order valence-corrected chi connectivity index (χ4v) is 3.97. The Bertz CT molecular complexity index is 1050. The monoisotopic (exact) mass is 466 g/mol. The van der Waals surface area contributed by atoms with Crippen LogP contribution in [0.5, 0.6) is 11.5 Å². The van der Waals surface area contributed by atoms with E-state index >= 15 is 0 Å². The largest absolute Gasteiger partial charge is 0.493 e. The van der Waals surface area contributed by atoms with Gasteiger partial charge in [-0.1, -0.05) is 17.7 Å². The third-order valence-corrected chi connectivity index (χ3v) is 5.79. The van der Waals surface area contributed by atoms with Gasteiger partial charge in [-0.15, -0.1) is 12.4 Å². The molecule has 31 heavy (non-hydrogen) atoms. The average molecular weight is 467 g/mol. The molecule has 0 saturated heterocycles. The highest BCUT2D eigenvalue weighted by Crippen LogP contribution is 2.37. The van der Waals surface area contributed by atoms with Crippen LogP contribution in [-0.2, 0) is 0 Å². The van der Waals surface area contributed by atoms with Gasteiger partial charge < -0.3 is 20.1 Å². The standard InChI is InChI=1S/C22H24ClFN4O2.ClH/c1-25-13-6-8-14(9-7-13)30-20-10-15-18(11-19(20)29-2)26-12-27-22(15)28-17-5-3-4-16(23)21(17)24;/h3-5,10-14,25H,6-9H2,1-2H3,(H,26,27,28);1H/t13-,14-;. The van der Waals surface area contributed by atoms with Crippen molar-refractivity contribution in [3.63, 3.8) is 0 Å². The lowest BCUT2D eigenvalue weighted by Gasteiger charge is -2.29. The van der Waals surface area contributed by atoms with Crippen LogP contribution in [0.3, 0.4) is 0 Å². The molecule has 0 bridgehead atoms. The molecule has 1 heterocycles. The van der Waals surface area contributed by atoms with Gasteiger partial charge in [0.15, 0.2) is 17.3 Å².